The number of aromatic carboxylic acids is 1. The van der Waals surface area contributed by atoms with Crippen molar-refractivity contribution in [3.63, 3.8) is 0 Å². The van der Waals surface area contributed by atoms with E-state index in [0.29, 0.717) is 9.88 Å². The highest BCUT2D eigenvalue weighted by molar-refractivity contribution is 9.10. The van der Waals surface area contributed by atoms with Crippen LogP contribution in [0.25, 0.3) is 21.0 Å². The highest BCUT2D eigenvalue weighted by Crippen LogP contribution is 2.35. The molecule has 0 aliphatic heterocycles. The average molecular weight is 360 g/mol. The van der Waals surface area contributed by atoms with Crippen molar-refractivity contribution in [3.8, 4) is 21.0 Å². The average Bonchev–Trinajstić information content (AvgIpc) is 2.94. The maximum Gasteiger partial charge on any atom is 0.356 e. The summed E-state index contributed by atoms with van der Waals surface area (Å²) in [7, 11) is 0. The van der Waals surface area contributed by atoms with Crippen molar-refractivity contribution in [1.82, 2.24) is 4.98 Å². The van der Waals surface area contributed by atoms with Gasteiger partial charge < -0.3 is 5.11 Å². The number of carboxylic acids is 1. The van der Waals surface area contributed by atoms with Gasteiger partial charge in [0, 0.05) is 10.0 Å². The van der Waals surface area contributed by atoms with E-state index < -0.39 is 5.97 Å². The second-order valence-corrected chi connectivity index (χ2v) is 6.29. The third-order valence-electron chi connectivity index (χ3n) is 2.96. The van der Waals surface area contributed by atoms with E-state index in [-0.39, 0.29) is 5.69 Å². The van der Waals surface area contributed by atoms with Gasteiger partial charge in [0.25, 0.3) is 0 Å². The molecule has 2 aromatic carbocycles. The summed E-state index contributed by atoms with van der Waals surface area (Å²) in [5.41, 5.74) is 1.88. The molecule has 1 heterocycles. The van der Waals surface area contributed by atoms with Crippen LogP contribution >= 0.6 is 27.3 Å². The fourth-order valence-corrected chi connectivity index (χ4v) is 3.30. The van der Waals surface area contributed by atoms with E-state index in [2.05, 4.69) is 20.9 Å². The Morgan fingerprint density at radius 3 is 2.29 bits per heavy atom. The molecule has 0 spiro atoms. The van der Waals surface area contributed by atoms with Crippen LogP contribution in [0.2, 0.25) is 0 Å². The zero-order valence-corrected chi connectivity index (χ0v) is 13.2. The number of aromatic nitrogens is 1. The fourth-order valence-electron chi connectivity index (χ4n) is 1.97. The Kier molecular flexibility index (Phi) is 3.86. The van der Waals surface area contributed by atoms with Crippen LogP contribution in [0, 0.1) is 0 Å². The summed E-state index contributed by atoms with van der Waals surface area (Å²) in [6, 6.07) is 17.1. The minimum atomic E-state index is -1.01. The Bertz CT molecular complexity index is 782. The standard InChI is InChI=1S/C16H10BrNO2S/c17-12-8-6-11(7-9-12)15-18-13(16(19)20)14(21-15)10-4-2-1-3-5-10/h1-9H,(H,19,20). The van der Waals surface area contributed by atoms with Gasteiger partial charge in [0.05, 0.1) is 4.88 Å². The molecule has 0 atom stereocenters. The van der Waals surface area contributed by atoms with Gasteiger partial charge >= 0.3 is 5.97 Å². The number of carbonyl (C=O) groups is 1. The molecule has 0 unspecified atom stereocenters. The molecule has 0 radical (unpaired) electrons. The van der Waals surface area contributed by atoms with Crippen molar-refractivity contribution in [1.29, 1.82) is 0 Å². The van der Waals surface area contributed by atoms with E-state index in [4.69, 9.17) is 0 Å². The van der Waals surface area contributed by atoms with Crippen LogP contribution in [-0.2, 0) is 0 Å². The zero-order chi connectivity index (χ0) is 14.8. The van der Waals surface area contributed by atoms with Gasteiger partial charge in [-0.05, 0) is 17.7 Å². The summed E-state index contributed by atoms with van der Waals surface area (Å²) in [6.45, 7) is 0. The summed E-state index contributed by atoms with van der Waals surface area (Å²) < 4.78 is 0.976. The van der Waals surface area contributed by atoms with Gasteiger partial charge in [-0.15, -0.1) is 11.3 Å². The number of thiazole rings is 1. The Morgan fingerprint density at radius 1 is 1.00 bits per heavy atom. The summed E-state index contributed by atoms with van der Waals surface area (Å²) in [6.07, 6.45) is 0. The molecule has 1 aromatic heterocycles. The quantitative estimate of drug-likeness (QED) is 0.720. The molecule has 0 aliphatic rings. The predicted molar refractivity (Wildman–Crippen MR) is 87.6 cm³/mol. The minimum absolute atomic E-state index is 0.101. The Labute approximate surface area is 134 Å². The molecule has 0 saturated carbocycles. The molecule has 0 amide bonds. The summed E-state index contributed by atoms with van der Waals surface area (Å²) in [5, 5.41) is 10.1. The van der Waals surface area contributed by atoms with Crippen LogP contribution in [0.3, 0.4) is 0 Å². The van der Waals surface area contributed by atoms with Gasteiger partial charge in [-0.25, -0.2) is 9.78 Å². The Hall–Kier alpha value is -1.98. The van der Waals surface area contributed by atoms with Crippen molar-refractivity contribution >= 4 is 33.2 Å². The molecule has 0 saturated heterocycles. The van der Waals surface area contributed by atoms with Crippen LogP contribution in [0.1, 0.15) is 10.5 Å². The first kappa shape index (κ1) is 14.0. The third-order valence-corrected chi connectivity index (χ3v) is 4.64. The summed E-state index contributed by atoms with van der Waals surface area (Å²) >= 11 is 4.78. The number of hydrogen-bond acceptors (Lipinski definition) is 3. The monoisotopic (exact) mass is 359 g/mol. The summed E-state index contributed by atoms with van der Waals surface area (Å²) in [4.78, 5) is 16.4. The molecule has 21 heavy (non-hydrogen) atoms. The van der Waals surface area contributed by atoms with E-state index in [1.54, 1.807) is 0 Å². The maximum absolute atomic E-state index is 11.4. The Balaban J connectivity index is 2.13. The third kappa shape index (κ3) is 2.89. The Morgan fingerprint density at radius 2 is 1.67 bits per heavy atom. The molecule has 0 fully saturated rings. The predicted octanol–water partition coefficient (Wildman–Crippen LogP) is 4.94. The largest absolute Gasteiger partial charge is 0.476 e. The van der Waals surface area contributed by atoms with Crippen LogP contribution in [0.5, 0.6) is 0 Å². The molecular formula is C16H10BrNO2S. The lowest BCUT2D eigenvalue weighted by Gasteiger charge is -1.97. The van der Waals surface area contributed by atoms with Gasteiger partial charge in [0.15, 0.2) is 5.69 Å². The second kappa shape index (κ2) is 5.79. The molecule has 0 bridgehead atoms. The number of benzene rings is 2. The van der Waals surface area contributed by atoms with Crippen LogP contribution in [0.15, 0.2) is 59.1 Å². The van der Waals surface area contributed by atoms with Gasteiger partial charge in [-0.3, -0.25) is 0 Å². The molecule has 3 nitrogen and oxygen atoms in total. The van der Waals surface area contributed by atoms with Crippen molar-refractivity contribution in [3.05, 3.63) is 64.8 Å². The lowest BCUT2D eigenvalue weighted by molar-refractivity contribution is 0.0692. The zero-order valence-electron chi connectivity index (χ0n) is 10.8. The van der Waals surface area contributed by atoms with Crippen LogP contribution in [-0.4, -0.2) is 16.1 Å². The van der Waals surface area contributed by atoms with E-state index in [9.17, 15) is 9.90 Å². The topological polar surface area (TPSA) is 50.2 Å². The van der Waals surface area contributed by atoms with Crippen molar-refractivity contribution in [2.45, 2.75) is 0 Å². The lowest BCUT2D eigenvalue weighted by Crippen LogP contribution is -1.98. The van der Waals surface area contributed by atoms with E-state index in [1.807, 2.05) is 54.6 Å². The van der Waals surface area contributed by atoms with Gasteiger partial charge in [-0.1, -0.05) is 58.4 Å². The highest BCUT2D eigenvalue weighted by atomic mass is 79.9. The maximum atomic E-state index is 11.4. The number of carboxylic acid groups (broad SMARTS) is 1. The molecule has 3 aromatic rings. The molecule has 3 rings (SSSR count). The van der Waals surface area contributed by atoms with Crippen molar-refractivity contribution in [2.24, 2.45) is 0 Å². The number of hydrogen-bond donors (Lipinski definition) is 1. The summed E-state index contributed by atoms with van der Waals surface area (Å²) in [5.74, 6) is -1.01. The molecule has 1 N–H and O–H groups in total. The van der Waals surface area contributed by atoms with Gasteiger partial charge in [0.1, 0.15) is 5.01 Å². The van der Waals surface area contributed by atoms with E-state index in [1.165, 1.54) is 11.3 Å². The van der Waals surface area contributed by atoms with E-state index in [0.717, 1.165) is 15.6 Å². The van der Waals surface area contributed by atoms with Gasteiger partial charge in [0.2, 0.25) is 0 Å². The fraction of sp³-hybridized carbons (Fsp3) is 0. The second-order valence-electron chi connectivity index (χ2n) is 4.37. The minimum Gasteiger partial charge on any atom is -0.476 e. The normalized spacial score (nSPS) is 10.5. The first-order valence-electron chi connectivity index (χ1n) is 6.20. The van der Waals surface area contributed by atoms with Crippen LogP contribution in [0.4, 0.5) is 0 Å². The van der Waals surface area contributed by atoms with Crippen molar-refractivity contribution in [2.75, 3.05) is 0 Å². The van der Waals surface area contributed by atoms with Crippen LogP contribution < -0.4 is 0 Å². The first-order valence-corrected chi connectivity index (χ1v) is 7.81. The highest BCUT2D eigenvalue weighted by Gasteiger charge is 2.19. The lowest BCUT2D eigenvalue weighted by atomic mass is 10.1. The number of halogens is 1. The molecule has 5 heteroatoms. The molecular weight excluding hydrogens is 350 g/mol. The van der Waals surface area contributed by atoms with Crippen molar-refractivity contribution < 1.29 is 9.90 Å². The smallest absolute Gasteiger partial charge is 0.356 e. The number of rotatable bonds is 3. The SMILES string of the molecule is O=C(O)c1nc(-c2ccc(Br)cc2)sc1-c1ccccc1. The van der Waals surface area contributed by atoms with Gasteiger partial charge in [-0.2, -0.15) is 0 Å². The molecule has 104 valence electrons. The molecule has 0 aliphatic carbocycles. The first-order chi connectivity index (χ1) is 10.1. The number of nitrogens with zero attached hydrogens (tertiary/aromatic N) is 1. The van der Waals surface area contributed by atoms with E-state index >= 15 is 0 Å².